The highest BCUT2D eigenvalue weighted by molar-refractivity contribution is 5.27. The minimum absolute atomic E-state index is 0.248. The summed E-state index contributed by atoms with van der Waals surface area (Å²) in [6.07, 6.45) is 6.74. The highest BCUT2D eigenvalue weighted by Gasteiger charge is 2.30. The molecule has 0 spiro atoms. The van der Waals surface area contributed by atoms with Gasteiger partial charge in [-0.2, -0.15) is 0 Å². The first-order chi connectivity index (χ1) is 9.69. The lowest BCUT2D eigenvalue weighted by Gasteiger charge is -2.18. The lowest BCUT2D eigenvalue weighted by Crippen LogP contribution is -2.32. The molecule has 112 valence electrons. The van der Waals surface area contributed by atoms with Gasteiger partial charge in [0, 0.05) is 6.04 Å². The molecule has 1 unspecified atom stereocenters. The van der Waals surface area contributed by atoms with Crippen LogP contribution in [0.2, 0.25) is 0 Å². The lowest BCUT2D eigenvalue weighted by molar-refractivity contribution is 0.242. The van der Waals surface area contributed by atoms with Crippen LogP contribution in [-0.4, -0.2) is 18.7 Å². The largest absolute Gasteiger partial charge is 0.491 e. The van der Waals surface area contributed by atoms with Crippen molar-refractivity contribution in [2.75, 3.05) is 6.54 Å². The van der Waals surface area contributed by atoms with Crippen LogP contribution in [0.3, 0.4) is 0 Å². The SMILES string of the molecule is CCCNC(CCc1ccc(OC(C)C)cc1)C1CC1. The van der Waals surface area contributed by atoms with E-state index in [1.165, 1.54) is 37.7 Å². The fourth-order valence-electron chi connectivity index (χ4n) is 2.66. The number of benzene rings is 1. The monoisotopic (exact) mass is 275 g/mol. The molecule has 1 N–H and O–H groups in total. The second-order valence-corrected chi connectivity index (χ2v) is 6.25. The molecule has 0 heterocycles. The molecule has 0 aromatic heterocycles. The van der Waals surface area contributed by atoms with E-state index in [9.17, 15) is 0 Å². The van der Waals surface area contributed by atoms with Gasteiger partial charge in [-0.05, 0) is 76.1 Å². The average Bonchev–Trinajstić information content (AvgIpc) is 3.24. The smallest absolute Gasteiger partial charge is 0.119 e. The predicted molar refractivity (Wildman–Crippen MR) is 85.3 cm³/mol. The maximum atomic E-state index is 5.68. The Kier molecular flexibility index (Phi) is 5.90. The number of aryl methyl sites for hydroxylation is 1. The molecule has 1 aliphatic carbocycles. The van der Waals surface area contributed by atoms with Gasteiger partial charge in [-0.1, -0.05) is 19.1 Å². The molecular weight excluding hydrogens is 246 g/mol. The summed E-state index contributed by atoms with van der Waals surface area (Å²) in [5, 5.41) is 3.71. The fraction of sp³-hybridized carbons (Fsp3) is 0.667. The van der Waals surface area contributed by atoms with Gasteiger partial charge in [0.1, 0.15) is 5.75 Å². The molecule has 1 aromatic carbocycles. The van der Waals surface area contributed by atoms with Crippen molar-refractivity contribution in [3.63, 3.8) is 0 Å². The van der Waals surface area contributed by atoms with Crippen molar-refractivity contribution >= 4 is 0 Å². The Morgan fingerprint density at radius 2 is 1.90 bits per heavy atom. The molecule has 0 radical (unpaired) electrons. The molecular formula is C18H29NO. The fourth-order valence-corrected chi connectivity index (χ4v) is 2.66. The van der Waals surface area contributed by atoms with Gasteiger partial charge in [-0.25, -0.2) is 0 Å². The Morgan fingerprint density at radius 1 is 1.20 bits per heavy atom. The van der Waals surface area contributed by atoms with Gasteiger partial charge in [0.15, 0.2) is 0 Å². The quantitative estimate of drug-likeness (QED) is 0.730. The molecule has 1 aliphatic rings. The predicted octanol–water partition coefficient (Wildman–Crippen LogP) is 4.18. The standard InChI is InChI=1S/C18H29NO/c1-4-13-19-18(16-8-9-16)12-7-15-5-10-17(11-6-15)20-14(2)3/h5-6,10-11,14,16,18-19H,4,7-9,12-13H2,1-3H3. The van der Waals surface area contributed by atoms with E-state index in [0.29, 0.717) is 0 Å². The van der Waals surface area contributed by atoms with Crippen LogP contribution in [0, 0.1) is 5.92 Å². The van der Waals surface area contributed by atoms with Crippen molar-refractivity contribution in [1.82, 2.24) is 5.32 Å². The van der Waals surface area contributed by atoms with E-state index in [1.807, 2.05) is 0 Å². The van der Waals surface area contributed by atoms with Crippen LogP contribution < -0.4 is 10.1 Å². The number of nitrogens with one attached hydrogen (secondary N) is 1. The van der Waals surface area contributed by atoms with Crippen LogP contribution >= 0.6 is 0 Å². The Morgan fingerprint density at radius 3 is 2.45 bits per heavy atom. The topological polar surface area (TPSA) is 21.3 Å². The third-order valence-electron chi connectivity index (χ3n) is 3.89. The summed E-state index contributed by atoms with van der Waals surface area (Å²) in [7, 11) is 0. The van der Waals surface area contributed by atoms with Crippen LogP contribution in [0.15, 0.2) is 24.3 Å². The maximum Gasteiger partial charge on any atom is 0.119 e. The summed E-state index contributed by atoms with van der Waals surface area (Å²) in [6, 6.07) is 9.34. The van der Waals surface area contributed by atoms with Crippen LogP contribution in [0.25, 0.3) is 0 Å². The van der Waals surface area contributed by atoms with Crippen molar-refractivity contribution in [2.45, 2.75) is 65.0 Å². The third-order valence-corrected chi connectivity index (χ3v) is 3.89. The summed E-state index contributed by atoms with van der Waals surface area (Å²) in [5.74, 6) is 1.91. The lowest BCUT2D eigenvalue weighted by atomic mass is 10.0. The van der Waals surface area contributed by atoms with Crippen LogP contribution in [-0.2, 0) is 6.42 Å². The molecule has 2 heteroatoms. The normalized spacial score (nSPS) is 16.4. The summed E-state index contributed by atoms with van der Waals surface area (Å²) < 4.78 is 5.68. The highest BCUT2D eigenvalue weighted by atomic mass is 16.5. The van der Waals surface area contributed by atoms with E-state index in [-0.39, 0.29) is 6.10 Å². The maximum absolute atomic E-state index is 5.68. The van der Waals surface area contributed by atoms with Gasteiger partial charge in [0.25, 0.3) is 0 Å². The first-order valence-electron chi connectivity index (χ1n) is 8.18. The van der Waals surface area contributed by atoms with Gasteiger partial charge < -0.3 is 10.1 Å². The number of rotatable bonds is 9. The molecule has 2 nitrogen and oxygen atoms in total. The Labute approximate surface area is 123 Å². The van der Waals surface area contributed by atoms with Crippen LogP contribution in [0.1, 0.15) is 52.0 Å². The highest BCUT2D eigenvalue weighted by Crippen LogP contribution is 2.34. The van der Waals surface area contributed by atoms with Crippen molar-refractivity contribution in [3.05, 3.63) is 29.8 Å². The van der Waals surface area contributed by atoms with Gasteiger partial charge in [0.05, 0.1) is 6.10 Å². The molecule has 0 saturated heterocycles. The van der Waals surface area contributed by atoms with Crippen molar-refractivity contribution in [3.8, 4) is 5.75 Å². The summed E-state index contributed by atoms with van der Waals surface area (Å²) in [6.45, 7) is 7.52. The molecule has 20 heavy (non-hydrogen) atoms. The zero-order valence-electron chi connectivity index (χ0n) is 13.2. The van der Waals surface area contributed by atoms with E-state index >= 15 is 0 Å². The molecule has 0 aliphatic heterocycles. The minimum atomic E-state index is 0.248. The summed E-state index contributed by atoms with van der Waals surface area (Å²) in [5.41, 5.74) is 1.42. The van der Waals surface area contributed by atoms with Crippen molar-refractivity contribution < 1.29 is 4.74 Å². The number of hydrogen-bond donors (Lipinski definition) is 1. The Balaban J connectivity index is 1.79. The molecule has 2 rings (SSSR count). The van der Waals surface area contributed by atoms with Crippen molar-refractivity contribution in [1.29, 1.82) is 0 Å². The Bertz CT molecular complexity index is 381. The van der Waals surface area contributed by atoms with Gasteiger partial charge in [0.2, 0.25) is 0 Å². The first-order valence-corrected chi connectivity index (χ1v) is 8.18. The second kappa shape index (κ2) is 7.68. The van der Waals surface area contributed by atoms with Crippen LogP contribution in [0.5, 0.6) is 5.75 Å². The van der Waals surface area contributed by atoms with E-state index in [2.05, 4.69) is 50.4 Å². The zero-order valence-corrected chi connectivity index (χ0v) is 13.2. The van der Waals surface area contributed by atoms with Crippen LogP contribution in [0.4, 0.5) is 0 Å². The first kappa shape index (κ1) is 15.4. The van der Waals surface area contributed by atoms with E-state index in [4.69, 9.17) is 4.74 Å². The molecule has 1 aromatic rings. The molecule has 0 bridgehead atoms. The van der Waals surface area contributed by atoms with E-state index < -0.39 is 0 Å². The Hall–Kier alpha value is -1.02. The second-order valence-electron chi connectivity index (χ2n) is 6.25. The molecule has 1 saturated carbocycles. The van der Waals surface area contributed by atoms with Gasteiger partial charge in [-0.3, -0.25) is 0 Å². The molecule has 1 atom stereocenters. The number of ether oxygens (including phenoxy) is 1. The third kappa shape index (κ3) is 5.16. The molecule has 0 amide bonds. The minimum Gasteiger partial charge on any atom is -0.491 e. The van der Waals surface area contributed by atoms with Gasteiger partial charge in [-0.15, -0.1) is 0 Å². The van der Waals surface area contributed by atoms with E-state index in [1.54, 1.807) is 0 Å². The average molecular weight is 275 g/mol. The van der Waals surface area contributed by atoms with Crippen molar-refractivity contribution in [2.24, 2.45) is 5.92 Å². The summed E-state index contributed by atoms with van der Waals surface area (Å²) >= 11 is 0. The zero-order chi connectivity index (χ0) is 14.4. The van der Waals surface area contributed by atoms with E-state index in [0.717, 1.165) is 24.3 Å². The molecule has 1 fully saturated rings. The summed E-state index contributed by atoms with van der Waals surface area (Å²) in [4.78, 5) is 0. The van der Waals surface area contributed by atoms with Gasteiger partial charge >= 0.3 is 0 Å². The number of hydrogen-bond acceptors (Lipinski definition) is 2.